The molecule has 2 aromatic heterocycles. The number of thiophene rings is 2. The number of sulfonamides is 1. The molecule has 0 aliphatic carbocycles. The fraction of sp³-hybridized carbons (Fsp3) is 0.222. The molecule has 8 heteroatoms. The molecule has 26 heavy (non-hydrogen) atoms. The van der Waals surface area contributed by atoms with Crippen LogP contribution in [0.5, 0.6) is 5.75 Å². The summed E-state index contributed by atoms with van der Waals surface area (Å²) >= 11 is 2.84. The minimum Gasteiger partial charge on any atom is -0.496 e. The lowest BCUT2D eigenvalue weighted by atomic mass is 9.95. The van der Waals surface area contributed by atoms with Gasteiger partial charge in [-0.1, -0.05) is 6.07 Å². The van der Waals surface area contributed by atoms with Crippen LogP contribution < -0.4 is 9.46 Å². The number of aliphatic hydroxyl groups is 1. The van der Waals surface area contributed by atoms with Crippen LogP contribution in [0.2, 0.25) is 0 Å². The Labute approximate surface area is 161 Å². The van der Waals surface area contributed by atoms with Crippen LogP contribution in [0.4, 0.5) is 0 Å². The third-order valence-corrected chi connectivity index (χ3v) is 7.23. The van der Waals surface area contributed by atoms with E-state index in [1.807, 2.05) is 22.2 Å². The van der Waals surface area contributed by atoms with E-state index in [1.165, 1.54) is 35.8 Å². The fourth-order valence-corrected chi connectivity index (χ4v) is 5.36. The number of methoxy groups -OCH3 is 1. The number of hydrogen-bond donors (Lipinski definition) is 2. The van der Waals surface area contributed by atoms with Gasteiger partial charge >= 0.3 is 0 Å². The molecule has 2 N–H and O–H groups in total. The molecule has 0 fully saturated rings. The van der Waals surface area contributed by atoms with Crippen LogP contribution in [-0.2, 0) is 15.6 Å². The molecule has 2 heterocycles. The molecule has 0 bridgehead atoms. The number of aryl methyl sites for hydroxylation is 1. The Hall–Kier alpha value is -1.71. The van der Waals surface area contributed by atoms with E-state index in [0.29, 0.717) is 16.2 Å². The summed E-state index contributed by atoms with van der Waals surface area (Å²) in [6.07, 6.45) is 0. The molecule has 1 aromatic carbocycles. The smallest absolute Gasteiger partial charge is 0.240 e. The van der Waals surface area contributed by atoms with Crippen LogP contribution in [0, 0.1) is 6.92 Å². The van der Waals surface area contributed by atoms with E-state index in [9.17, 15) is 13.5 Å². The van der Waals surface area contributed by atoms with Gasteiger partial charge in [-0.3, -0.25) is 0 Å². The van der Waals surface area contributed by atoms with Crippen LogP contribution in [0.3, 0.4) is 0 Å². The van der Waals surface area contributed by atoms with Crippen molar-refractivity contribution in [1.82, 2.24) is 4.72 Å². The second-order valence-electron chi connectivity index (χ2n) is 5.81. The van der Waals surface area contributed by atoms with Crippen molar-refractivity contribution in [1.29, 1.82) is 0 Å². The molecule has 5 nitrogen and oxygen atoms in total. The van der Waals surface area contributed by atoms with E-state index in [4.69, 9.17) is 4.74 Å². The van der Waals surface area contributed by atoms with Crippen LogP contribution in [0.25, 0.3) is 0 Å². The molecule has 0 aliphatic heterocycles. The van der Waals surface area contributed by atoms with Gasteiger partial charge in [-0.25, -0.2) is 13.1 Å². The predicted molar refractivity (Wildman–Crippen MR) is 105 cm³/mol. The third kappa shape index (κ3) is 3.70. The summed E-state index contributed by atoms with van der Waals surface area (Å²) in [5, 5.41) is 16.8. The van der Waals surface area contributed by atoms with Crippen molar-refractivity contribution in [3.8, 4) is 5.75 Å². The molecule has 1 atom stereocenters. The Morgan fingerprint density at radius 2 is 2.04 bits per heavy atom. The lowest BCUT2D eigenvalue weighted by Crippen LogP contribution is -2.40. The summed E-state index contributed by atoms with van der Waals surface area (Å²) in [5.41, 5.74) is -0.0248. The maximum Gasteiger partial charge on any atom is 0.240 e. The van der Waals surface area contributed by atoms with E-state index in [2.05, 4.69) is 4.72 Å². The Bertz CT molecular complexity index is 930. The highest BCUT2D eigenvalue weighted by atomic mass is 32.2. The van der Waals surface area contributed by atoms with Crippen LogP contribution >= 0.6 is 22.7 Å². The Morgan fingerprint density at radius 1 is 1.23 bits per heavy atom. The highest BCUT2D eigenvalue weighted by molar-refractivity contribution is 7.89. The van der Waals surface area contributed by atoms with Gasteiger partial charge in [-0.2, -0.15) is 11.3 Å². The molecule has 0 radical (unpaired) electrons. The quantitative estimate of drug-likeness (QED) is 0.628. The molecule has 0 saturated heterocycles. The lowest BCUT2D eigenvalue weighted by molar-refractivity contribution is 0.0903. The first-order valence-corrected chi connectivity index (χ1v) is 11.1. The number of benzene rings is 1. The molecule has 0 aliphatic rings. The van der Waals surface area contributed by atoms with E-state index in [-0.39, 0.29) is 11.4 Å². The van der Waals surface area contributed by atoms with Gasteiger partial charge in [0, 0.05) is 17.0 Å². The van der Waals surface area contributed by atoms with E-state index < -0.39 is 15.6 Å². The summed E-state index contributed by atoms with van der Waals surface area (Å²) in [6, 6.07) is 10.1. The SMILES string of the molecule is COc1ccc(S(=O)(=O)NCC(O)(c2ccsc2)c2cccs2)cc1C. The van der Waals surface area contributed by atoms with Gasteiger partial charge in [0.25, 0.3) is 0 Å². The van der Waals surface area contributed by atoms with Gasteiger partial charge in [0.05, 0.1) is 12.0 Å². The first-order chi connectivity index (χ1) is 12.4. The normalized spacial score (nSPS) is 14.1. The lowest BCUT2D eigenvalue weighted by Gasteiger charge is -2.27. The zero-order valence-electron chi connectivity index (χ0n) is 14.3. The van der Waals surface area contributed by atoms with E-state index >= 15 is 0 Å². The summed E-state index contributed by atoms with van der Waals surface area (Å²) in [7, 11) is -2.24. The topological polar surface area (TPSA) is 75.6 Å². The number of rotatable bonds is 7. The Kier molecular flexibility index (Phi) is 5.50. The summed E-state index contributed by atoms with van der Waals surface area (Å²) in [4.78, 5) is 0.819. The van der Waals surface area contributed by atoms with Gasteiger partial charge in [0.1, 0.15) is 11.4 Å². The maximum absolute atomic E-state index is 12.7. The van der Waals surface area contributed by atoms with Crippen LogP contribution in [0.1, 0.15) is 16.0 Å². The summed E-state index contributed by atoms with van der Waals surface area (Å²) < 4.78 is 33.1. The highest BCUT2D eigenvalue weighted by Crippen LogP contribution is 2.34. The molecule has 0 saturated carbocycles. The predicted octanol–water partition coefficient (Wildman–Crippen LogP) is 3.34. The minimum atomic E-state index is -3.78. The van der Waals surface area contributed by atoms with Crippen LogP contribution in [0.15, 0.2) is 57.4 Å². The largest absolute Gasteiger partial charge is 0.496 e. The van der Waals surface area contributed by atoms with Gasteiger partial charge in [-0.05, 0) is 59.0 Å². The van der Waals surface area contributed by atoms with Gasteiger partial charge in [0.15, 0.2) is 0 Å². The van der Waals surface area contributed by atoms with Crippen molar-refractivity contribution in [3.05, 3.63) is 68.5 Å². The molecule has 0 amide bonds. The Balaban J connectivity index is 1.88. The van der Waals surface area contributed by atoms with Crippen molar-refractivity contribution in [2.45, 2.75) is 17.4 Å². The molecule has 3 aromatic rings. The molecular weight excluding hydrogens is 390 g/mol. The van der Waals surface area contributed by atoms with E-state index in [0.717, 1.165) is 5.56 Å². The zero-order valence-corrected chi connectivity index (χ0v) is 16.7. The van der Waals surface area contributed by atoms with Crippen molar-refractivity contribution < 1.29 is 18.3 Å². The van der Waals surface area contributed by atoms with E-state index in [1.54, 1.807) is 31.2 Å². The summed E-state index contributed by atoms with van der Waals surface area (Å²) in [5.74, 6) is 0.623. The van der Waals surface area contributed by atoms with Crippen molar-refractivity contribution in [3.63, 3.8) is 0 Å². The second kappa shape index (κ2) is 7.50. The summed E-state index contributed by atoms with van der Waals surface area (Å²) in [6.45, 7) is 1.63. The minimum absolute atomic E-state index is 0.134. The molecular formula is C18H19NO4S3. The third-order valence-electron chi connectivity index (χ3n) is 4.12. The van der Waals surface area contributed by atoms with Crippen molar-refractivity contribution in [2.75, 3.05) is 13.7 Å². The molecule has 138 valence electrons. The monoisotopic (exact) mass is 409 g/mol. The van der Waals surface area contributed by atoms with Crippen LogP contribution in [-0.4, -0.2) is 27.2 Å². The molecule has 0 spiro atoms. The highest BCUT2D eigenvalue weighted by Gasteiger charge is 2.34. The van der Waals surface area contributed by atoms with Gasteiger partial charge in [0.2, 0.25) is 10.0 Å². The Morgan fingerprint density at radius 3 is 2.62 bits per heavy atom. The van der Waals surface area contributed by atoms with Gasteiger partial charge in [-0.15, -0.1) is 11.3 Å². The first kappa shape index (κ1) is 19.1. The second-order valence-corrected chi connectivity index (χ2v) is 9.30. The van der Waals surface area contributed by atoms with Crippen molar-refractivity contribution in [2.24, 2.45) is 0 Å². The van der Waals surface area contributed by atoms with Crippen molar-refractivity contribution >= 4 is 32.7 Å². The average molecular weight is 410 g/mol. The molecule has 3 rings (SSSR count). The standard InChI is InChI=1S/C18H19NO4S3/c1-13-10-15(5-6-16(13)23-2)26(21,22)19-12-18(20,14-7-9-24-11-14)17-4-3-8-25-17/h3-11,19-20H,12H2,1-2H3. The number of ether oxygens (including phenoxy) is 1. The zero-order chi connectivity index (χ0) is 18.8. The maximum atomic E-state index is 12.7. The number of hydrogen-bond acceptors (Lipinski definition) is 6. The number of nitrogens with one attached hydrogen (secondary N) is 1. The molecule has 1 unspecified atom stereocenters. The first-order valence-electron chi connectivity index (χ1n) is 7.80. The fourth-order valence-electron chi connectivity index (χ4n) is 2.65. The van der Waals surface area contributed by atoms with Gasteiger partial charge < -0.3 is 9.84 Å². The average Bonchev–Trinajstić information content (AvgIpc) is 3.33.